The molecule has 1 aliphatic rings. The summed E-state index contributed by atoms with van der Waals surface area (Å²) >= 11 is 0. The van der Waals surface area contributed by atoms with Gasteiger partial charge in [0.15, 0.2) is 0 Å². The van der Waals surface area contributed by atoms with Crippen LogP contribution in [0.5, 0.6) is 0 Å². The molecule has 1 aromatic heterocycles. The van der Waals surface area contributed by atoms with Gasteiger partial charge in [-0.15, -0.1) is 0 Å². The molecule has 1 fully saturated rings. The number of nitriles is 1. The van der Waals surface area contributed by atoms with Gasteiger partial charge in [0.2, 0.25) is 0 Å². The van der Waals surface area contributed by atoms with Gasteiger partial charge in [-0.05, 0) is 30.9 Å². The van der Waals surface area contributed by atoms with E-state index in [1.54, 1.807) is 6.20 Å². The van der Waals surface area contributed by atoms with E-state index in [2.05, 4.69) is 11.1 Å². The van der Waals surface area contributed by atoms with Crippen LogP contribution in [0.2, 0.25) is 0 Å². The van der Waals surface area contributed by atoms with Crippen molar-refractivity contribution in [1.82, 2.24) is 4.98 Å². The fraction of sp³-hybridized carbons (Fsp3) is 0.571. The van der Waals surface area contributed by atoms with Crippen molar-refractivity contribution in [2.24, 2.45) is 5.92 Å². The van der Waals surface area contributed by atoms with Gasteiger partial charge < -0.3 is 0 Å². The molecule has 0 aliphatic heterocycles. The first-order valence-electron chi connectivity index (χ1n) is 6.22. The fourth-order valence-corrected chi connectivity index (χ4v) is 2.62. The van der Waals surface area contributed by atoms with Crippen molar-refractivity contribution < 1.29 is 0 Å². The van der Waals surface area contributed by atoms with Gasteiger partial charge in [0, 0.05) is 6.20 Å². The third kappa shape index (κ3) is 2.61. The first kappa shape index (κ1) is 11.1. The first-order chi connectivity index (χ1) is 7.92. The summed E-state index contributed by atoms with van der Waals surface area (Å²) in [6.07, 6.45) is 9.37. The average Bonchev–Trinajstić information content (AvgIpc) is 2.61. The third-order valence-corrected chi connectivity index (χ3v) is 3.52. The Kier molecular flexibility index (Phi) is 3.93. The summed E-state index contributed by atoms with van der Waals surface area (Å²) in [6, 6.07) is 8.32. The third-order valence-electron chi connectivity index (χ3n) is 3.52. The van der Waals surface area contributed by atoms with Crippen molar-refractivity contribution in [3.05, 3.63) is 30.1 Å². The zero-order chi connectivity index (χ0) is 11.2. The fourth-order valence-electron chi connectivity index (χ4n) is 2.62. The summed E-state index contributed by atoms with van der Waals surface area (Å²) in [7, 11) is 0. The molecule has 0 N–H and O–H groups in total. The Morgan fingerprint density at radius 1 is 1.19 bits per heavy atom. The molecule has 1 unspecified atom stereocenters. The predicted octanol–water partition coefficient (Wildman–Crippen LogP) is 3.66. The molecule has 0 saturated heterocycles. The molecule has 0 spiro atoms. The Hall–Kier alpha value is -1.36. The van der Waals surface area contributed by atoms with E-state index in [-0.39, 0.29) is 5.92 Å². The topological polar surface area (TPSA) is 36.7 Å². The van der Waals surface area contributed by atoms with Crippen LogP contribution in [0.1, 0.15) is 50.1 Å². The van der Waals surface area contributed by atoms with Crippen molar-refractivity contribution in [3.63, 3.8) is 0 Å². The highest BCUT2D eigenvalue weighted by Gasteiger charge is 2.24. The molecule has 0 radical (unpaired) electrons. The molecule has 1 saturated carbocycles. The number of hydrogen-bond donors (Lipinski definition) is 0. The van der Waals surface area contributed by atoms with Crippen LogP contribution in [-0.2, 0) is 0 Å². The number of rotatable bonds is 2. The van der Waals surface area contributed by atoms with Crippen molar-refractivity contribution in [2.45, 2.75) is 44.4 Å². The van der Waals surface area contributed by atoms with Gasteiger partial charge in [0.25, 0.3) is 0 Å². The Balaban J connectivity index is 2.13. The highest BCUT2D eigenvalue weighted by molar-refractivity contribution is 5.18. The second-order valence-corrected chi connectivity index (χ2v) is 4.61. The summed E-state index contributed by atoms with van der Waals surface area (Å²) in [5, 5.41) is 9.33. The minimum Gasteiger partial charge on any atom is -0.260 e. The normalized spacial score (nSPS) is 19.7. The first-order valence-corrected chi connectivity index (χ1v) is 6.22. The lowest BCUT2D eigenvalue weighted by Gasteiger charge is -2.19. The molecule has 2 rings (SSSR count). The molecule has 84 valence electrons. The quantitative estimate of drug-likeness (QED) is 0.704. The predicted molar refractivity (Wildman–Crippen MR) is 63.8 cm³/mol. The van der Waals surface area contributed by atoms with E-state index in [9.17, 15) is 5.26 Å². The van der Waals surface area contributed by atoms with Crippen molar-refractivity contribution in [3.8, 4) is 6.07 Å². The Bertz CT molecular complexity index is 345. The summed E-state index contributed by atoms with van der Waals surface area (Å²) in [4.78, 5) is 4.33. The number of aromatic nitrogens is 1. The van der Waals surface area contributed by atoms with Crippen LogP contribution in [-0.4, -0.2) is 4.98 Å². The molecule has 1 aromatic rings. The largest absolute Gasteiger partial charge is 0.260 e. The van der Waals surface area contributed by atoms with E-state index >= 15 is 0 Å². The molecule has 1 atom stereocenters. The van der Waals surface area contributed by atoms with E-state index in [0.29, 0.717) is 5.92 Å². The van der Waals surface area contributed by atoms with Gasteiger partial charge in [0.1, 0.15) is 0 Å². The molecule has 2 nitrogen and oxygen atoms in total. The molecule has 0 amide bonds. The zero-order valence-corrected chi connectivity index (χ0v) is 9.60. The van der Waals surface area contributed by atoms with E-state index in [4.69, 9.17) is 0 Å². The summed E-state index contributed by atoms with van der Waals surface area (Å²) < 4.78 is 0. The Morgan fingerprint density at radius 3 is 2.50 bits per heavy atom. The second kappa shape index (κ2) is 5.65. The highest BCUT2D eigenvalue weighted by Crippen LogP contribution is 2.33. The van der Waals surface area contributed by atoms with Gasteiger partial charge in [0.05, 0.1) is 17.7 Å². The monoisotopic (exact) mass is 214 g/mol. The number of hydrogen-bond acceptors (Lipinski definition) is 2. The van der Waals surface area contributed by atoms with Gasteiger partial charge in [-0.25, -0.2) is 0 Å². The maximum atomic E-state index is 9.33. The molecule has 2 heteroatoms. The Labute approximate surface area is 97.3 Å². The average molecular weight is 214 g/mol. The molecular formula is C14H18N2. The summed E-state index contributed by atoms with van der Waals surface area (Å²) in [5.74, 6) is 0.515. The Morgan fingerprint density at radius 2 is 1.94 bits per heavy atom. The van der Waals surface area contributed by atoms with Crippen LogP contribution < -0.4 is 0 Å². The number of nitrogens with zero attached hydrogens (tertiary/aromatic N) is 2. The van der Waals surface area contributed by atoms with Crippen LogP contribution >= 0.6 is 0 Å². The number of pyridine rings is 1. The van der Waals surface area contributed by atoms with Gasteiger partial charge in [-0.2, -0.15) is 5.26 Å². The lowest BCUT2D eigenvalue weighted by molar-refractivity contribution is 0.419. The zero-order valence-electron chi connectivity index (χ0n) is 9.60. The standard InChI is InChI=1S/C14H18N2/c15-11-13(14-9-5-6-10-16-14)12-7-3-1-2-4-8-12/h5-6,9-10,12-13H,1-4,7-8H2. The van der Waals surface area contributed by atoms with E-state index in [1.165, 1.54) is 38.5 Å². The highest BCUT2D eigenvalue weighted by atomic mass is 14.7. The van der Waals surface area contributed by atoms with Gasteiger partial charge in [-0.3, -0.25) is 4.98 Å². The van der Waals surface area contributed by atoms with Crippen molar-refractivity contribution >= 4 is 0 Å². The molecule has 1 aliphatic carbocycles. The molecule has 0 aromatic carbocycles. The summed E-state index contributed by atoms with van der Waals surface area (Å²) in [5.41, 5.74) is 0.955. The van der Waals surface area contributed by atoms with E-state index in [0.717, 1.165) is 5.69 Å². The van der Waals surface area contributed by atoms with Crippen LogP contribution in [0.15, 0.2) is 24.4 Å². The second-order valence-electron chi connectivity index (χ2n) is 4.61. The summed E-state index contributed by atoms with van der Waals surface area (Å²) in [6.45, 7) is 0. The van der Waals surface area contributed by atoms with Crippen LogP contribution in [0.3, 0.4) is 0 Å². The SMILES string of the molecule is N#CC(c1ccccn1)C1CCCCCC1. The van der Waals surface area contributed by atoms with Gasteiger partial charge in [-0.1, -0.05) is 31.7 Å². The maximum Gasteiger partial charge on any atom is 0.0912 e. The molecule has 0 bridgehead atoms. The smallest absolute Gasteiger partial charge is 0.0912 e. The lowest BCUT2D eigenvalue weighted by Crippen LogP contribution is -2.12. The van der Waals surface area contributed by atoms with Crippen molar-refractivity contribution in [2.75, 3.05) is 0 Å². The molecular weight excluding hydrogens is 196 g/mol. The van der Waals surface area contributed by atoms with Crippen LogP contribution in [0, 0.1) is 17.2 Å². The van der Waals surface area contributed by atoms with E-state index in [1.807, 2.05) is 18.2 Å². The lowest BCUT2D eigenvalue weighted by atomic mass is 9.85. The van der Waals surface area contributed by atoms with Gasteiger partial charge >= 0.3 is 0 Å². The minimum atomic E-state index is -0.000648. The minimum absolute atomic E-state index is 0.000648. The molecule has 1 heterocycles. The van der Waals surface area contributed by atoms with Crippen molar-refractivity contribution in [1.29, 1.82) is 5.26 Å². The molecule has 16 heavy (non-hydrogen) atoms. The van der Waals surface area contributed by atoms with Crippen LogP contribution in [0.4, 0.5) is 0 Å². The maximum absolute atomic E-state index is 9.33. The van der Waals surface area contributed by atoms with E-state index < -0.39 is 0 Å². The van der Waals surface area contributed by atoms with Crippen LogP contribution in [0.25, 0.3) is 0 Å².